The quantitative estimate of drug-likeness (QED) is 0.378. The predicted molar refractivity (Wildman–Crippen MR) is 112 cm³/mol. The first kappa shape index (κ1) is 22.2. The van der Waals surface area contributed by atoms with Crippen molar-refractivity contribution in [3.63, 3.8) is 0 Å². The predicted octanol–water partition coefficient (Wildman–Crippen LogP) is 3.77. The lowest BCUT2D eigenvalue weighted by molar-refractivity contribution is 0.0263. The fraction of sp³-hybridized carbons (Fsp3) is 0.778. The third kappa shape index (κ3) is 6.44. The molecule has 2 heterocycles. The molecular formula is C18H33IN4O2. The van der Waals surface area contributed by atoms with Gasteiger partial charge in [0, 0.05) is 38.7 Å². The molecule has 1 saturated heterocycles. The van der Waals surface area contributed by atoms with Crippen molar-refractivity contribution in [1.29, 1.82) is 0 Å². The Kier molecular flexibility index (Phi) is 10.4. The van der Waals surface area contributed by atoms with Crippen LogP contribution in [0.3, 0.4) is 0 Å². The highest BCUT2D eigenvalue weighted by molar-refractivity contribution is 14.0. The van der Waals surface area contributed by atoms with E-state index in [0.29, 0.717) is 18.6 Å². The van der Waals surface area contributed by atoms with Crippen molar-refractivity contribution in [2.45, 2.75) is 65.0 Å². The van der Waals surface area contributed by atoms with Crippen LogP contribution in [0.25, 0.3) is 0 Å². The van der Waals surface area contributed by atoms with Crippen LogP contribution in [-0.4, -0.2) is 48.9 Å². The molecule has 1 N–H and O–H groups in total. The minimum atomic E-state index is 0. The van der Waals surface area contributed by atoms with Gasteiger partial charge >= 0.3 is 0 Å². The monoisotopic (exact) mass is 464 g/mol. The lowest BCUT2D eigenvalue weighted by Gasteiger charge is -2.33. The van der Waals surface area contributed by atoms with Gasteiger partial charge in [0.25, 0.3) is 0 Å². The molecular weight excluding hydrogens is 431 g/mol. The maximum absolute atomic E-state index is 5.71. The molecule has 6 nitrogen and oxygen atoms in total. The number of ether oxygens (including phenoxy) is 1. The van der Waals surface area contributed by atoms with Gasteiger partial charge in [-0.25, -0.2) is 0 Å². The summed E-state index contributed by atoms with van der Waals surface area (Å²) < 4.78 is 11.2. The summed E-state index contributed by atoms with van der Waals surface area (Å²) in [7, 11) is 1.83. The molecule has 0 saturated carbocycles. The van der Waals surface area contributed by atoms with Gasteiger partial charge in [-0.15, -0.1) is 24.0 Å². The molecule has 1 aromatic heterocycles. The Bertz CT molecular complexity index is 509. The Balaban J connectivity index is 0.00000312. The van der Waals surface area contributed by atoms with E-state index in [1.54, 1.807) is 0 Å². The van der Waals surface area contributed by atoms with E-state index in [1.807, 2.05) is 7.05 Å². The van der Waals surface area contributed by atoms with E-state index in [2.05, 4.69) is 47.2 Å². The standard InChI is InChI=1S/C18H32N4O2.HI/c1-5-14(6-2)17-12-16(24-21-17)13-20-18(19-4)22-10-8-15(9-11-22)23-7-3;/h12,14-15H,5-11,13H2,1-4H3,(H,19,20);1H. The van der Waals surface area contributed by atoms with Crippen molar-refractivity contribution in [1.82, 2.24) is 15.4 Å². The van der Waals surface area contributed by atoms with Crippen molar-refractivity contribution >= 4 is 29.9 Å². The van der Waals surface area contributed by atoms with Gasteiger partial charge < -0.3 is 19.5 Å². The van der Waals surface area contributed by atoms with Crippen molar-refractivity contribution in [3.05, 3.63) is 17.5 Å². The zero-order valence-electron chi connectivity index (χ0n) is 16.0. The van der Waals surface area contributed by atoms with E-state index in [0.717, 1.165) is 62.8 Å². The molecule has 144 valence electrons. The molecule has 0 aliphatic carbocycles. The number of rotatable bonds is 7. The minimum Gasteiger partial charge on any atom is -0.378 e. The molecule has 0 amide bonds. The molecule has 7 heteroatoms. The van der Waals surface area contributed by atoms with Gasteiger partial charge in [0.05, 0.1) is 18.3 Å². The number of hydrogen-bond acceptors (Lipinski definition) is 4. The van der Waals surface area contributed by atoms with Gasteiger partial charge in [0.2, 0.25) is 0 Å². The van der Waals surface area contributed by atoms with Gasteiger partial charge in [-0.2, -0.15) is 0 Å². The first-order chi connectivity index (χ1) is 11.7. The second kappa shape index (κ2) is 11.7. The molecule has 2 rings (SSSR count). The van der Waals surface area contributed by atoms with Crippen LogP contribution in [0.5, 0.6) is 0 Å². The van der Waals surface area contributed by atoms with Gasteiger partial charge in [-0.1, -0.05) is 19.0 Å². The lowest BCUT2D eigenvalue weighted by atomic mass is 9.99. The highest BCUT2D eigenvalue weighted by Crippen LogP contribution is 2.22. The second-order valence-electron chi connectivity index (χ2n) is 6.27. The maximum atomic E-state index is 5.71. The molecule has 0 spiro atoms. The maximum Gasteiger partial charge on any atom is 0.194 e. The van der Waals surface area contributed by atoms with Crippen LogP contribution in [0.4, 0.5) is 0 Å². The Morgan fingerprint density at radius 3 is 2.60 bits per heavy atom. The Hall–Kier alpha value is -0.830. The zero-order chi connectivity index (χ0) is 17.4. The van der Waals surface area contributed by atoms with Crippen LogP contribution in [0, 0.1) is 0 Å². The van der Waals surface area contributed by atoms with Gasteiger partial charge in [0.1, 0.15) is 0 Å². The van der Waals surface area contributed by atoms with Crippen LogP contribution in [-0.2, 0) is 11.3 Å². The summed E-state index contributed by atoms with van der Waals surface area (Å²) in [5, 5.41) is 7.61. The number of hydrogen-bond donors (Lipinski definition) is 1. The summed E-state index contributed by atoms with van der Waals surface area (Å²) in [6.07, 6.45) is 4.67. The van der Waals surface area contributed by atoms with Crippen molar-refractivity contribution in [2.75, 3.05) is 26.7 Å². The second-order valence-corrected chi connectivity index (χ2v) is 6.27. The van der Waals surface area contributed by atoms with Crippen LogP contribution < -0.4 is 5.32 Å². The summed E-state index contributed by atoms with van der Waals surface area (Å²) in [5.74, 6) is 2.27. The zero-order valence-corrected chi connectivity index (χ0v) is 18.3. The average molecular weight is 464 g/mol. The number of aliphatic imine (C=N–C) groups is 1. The third-order valence-corrected chi connectivity index (χ3v) is 4.76. The average Bonchev–Trinajstić information content (AvgIpc) is 3.07. The number of halogens is 1. The number of piperidine rings is 1. The Labute approximate surface area is 168 Å². The largest absolute Gasteiger partial charge is 0.378 e. The first-order valence-corrected chi connectivity index (χ1v) is 9.24. The van der Waals surface area contributed by atoms with Gasteiger partial charge in [0.15, 0.2) is 11.7 Å². The normalized spacial score (nSPS) is 16.2. The Morgan fingerprint density at radius 2 is 2.04 bits per heavy atom. The van der Waals surface area contributed by atoms with Crippen molar-refractivity contribution in [2.24, 2.45) is 4.99 Å². The number of likely N-dealkylation sites (tertiary alicyclic amines) is 1. The van der Waals surface area contributed by atoms with E-state index in [9.17, 15) is 0 Å². The fourth-order valence-corrected chi connectivity index (χ4v) is 3.28. The summed E-state index contributed by atoms with van der Waals surface area (Å²) in [6, 6.07) is 2.07. The molecule has 1 aliphatic rings. The number of nitrogens with one attached hydrogen (secondary N) is 1. The summed E-state index contributed by atoms with van der Waals surface area (Å²) in [6.45, 7) is 9.79. The molecule has 1 fully saturated rings. The molecule has 0 atom stereocenters. The Morgan fingerprint density at radius 1 is 1.36 bits per heavy atom. The summed E-state index contributed by atoms with van der Waals surface area (Å²) >= 11 is 0. The SMILES string of the molecule is CCOC1CCN(C(=NC)NCc2cc(C(CC)CC)no2)CC1.I. The molecule has 1 aromatic rings. The minimum absolute atomic E-state index is 0. The molecule has 1 aliphatic heterocycles. The lowest BCUT2D eigenvalue weighted by Crippen LogP contribution is -2.46. The smallest absolute Gasteiger partial charge is 0.194 e. The highest BCUT2D eigenvalue weighted by atomic mass is 127. The van der Waals surface area contributed by atoms with E-state index < -0.39 is 0 Å². The molecule has 0 bridgehead atoms. The van der Waals surface area contributed by atoms with Crippen LogP contribution in [0.1, 0.15) is 63.8 Å². The number of nitrogens with zero attached hydrogens (tertiary/aromatic N) is 3. The van der Waals surface area contributed by atoms with Crippen molar-refractivity contribution in [3.8, 4) is 0 Å². The summed E-state index contributed by atoms with van der Waals surface area (Å²) in [4.78, 5) is 6.69. The molecule has 0 aromatic carbocycles. The first-order valence-electron chi connectivity index (χ1n) is 9.24. The van der Waals surface area contributed by atoms with Crippen LogP contribution in [0.15, 0.2) is 15.6 Å². The van der Waals surface area contributed by atoms with Crippen molar-refractivity contribution < 1.29 is 9.26 Å². The molecule has 0 unspecified atom stereocenters. The topological polar surface area (TPSA) is 62.9 Å². The fourth-order valence-electron chi connectivity index (χ4n) is 3.28. The summed E-state index contributed by atoms with van der Waals surface area (Å²) in [5.41, 5.74) is 1.06. The van der Waals surface area contributed by atoms with E-state index in [1.165, 1.54) is 0 Å². The third-order valence-electron chi connectivity index (χ3n) is 4.76. The van der Waals surface area contributed by atoms with E-state index in [-0.39, 0.29) is 24.0 Å². The van der Waals surface area contributed by atoms with Crippen LogP contribution in [0.2, 0.25) is 0 Å². The number of guanidine groups is 1. The molecule has 0 radical (unpaired) electrons. The highest BCUT2D eigenvalue weighted by Gasteiger charge is 2.22. The van der Waals surface area contributed by atoms with E-state index >= 15 is 0 Å². The van der Waals surface area contributed by atoms with Gasteiger partial charge in [-0.3, -0.25) is 4.99 Å². The van der Waals surface area contributed by atoms with Crippen LogP contribution >= 0.6 is 24.0 Å². The van der Waals surface area contributed by atoms with E-state index in [4.69, 9.17) is 9.26 Å². The molecule has 25 heavy (non-hydrogen) atoms. The van der Waals surface area contributed by atoms with Gasteiger partial charge in [-0.05, 0) is 32.6 Å². The number of aromatic nitrogens is 1.